The normalized spacial score (nSPS) is 19.9. The van der Waals surface area contributed by atoms with Crippen LogP contribution >= 0.6 is 153 Å². The second-order valence-electron chi connectivity index (χ2n) is 34.3. The number of carboxylic acid groups (broad SMARTS) is 1. The van der Waals surface area contributed by atoms with E-state index in [0.29, 0.717) is 259 Å². The zero-order chi connectivity index (χ0) is 101. The van der Waals surface area contributed by atoms with Gasteiger partial charge >= 0.3 is 163 Å². The quantitative estimate of drug-likeness (QED) is 0.0230. The van der Waals surface area contributed by atoms with Crippen molar-refractivity contribution in [3.05, 3.63) is 242 Å². The topological polar surface area (TPSA) is 415 Å². The summed E-state index contributed by atoms with van der Waals surface area (Å²) in [5, 5.41) is 30.2. The van der Waals surface area contributed by atoms with Crippen LogP contribution in [0.3, 0.4) is 0 Å². The van der Waals surface area contributed by atoms with Gasteiger partial charge in [-0.15, -0.1) is 0 Å². The van der Waals surface area contributed by atoms with Crippen LogP contribution in [0, 0.1) is 0 Å². The van der Waals surface area contributed by atoms with Crippen LogP contribution in [0.25, 0.3) is 14.7 Å². The predicted molar refractivity (Wildman–Crippen MR) is 562 cm³/mol. The molecule has 0 bridgehead atoms. The second-order valence-corrected chi connectivity index (χ2v) is 58.1. The number of hydrogen-bond acceptors (Lipinski definition) is 34. The van der Waals surface area contributed by atoms with Crippen LogP contribution in [0.1, 0.15) is 157 Å². The third-order valence-electron chi connectivity index (χ3n) is 24.5. The Balaban J connectivity index is 0.000000120. The van der Waals surface area contributed by atoms with E-state index in [1.165, 1.54) is 80.6 Å². The van der Waals surface area contributed by atoms with Gasteiger partial charge < -0.3 is 83.9 Å². The van der Waals surface area contributed by atoms with Crippen molar-refractivity contribution >= 4 is 271 Å². The molecule has 0 radical (unpaired) electrons. The fraction of sp³-hybridized carbons (Fsp3) is 0.358. The minimum absolute atomic E-state index is 0.0174. The number of morpholine rings is 5. The predicted octanol–water partition coefficient (Wildman–Crippen LogP) is 14.7. The molecule has 2 spiro atoms. The molecule has 3 atom stereocenters. The summed E-state index contributed by atoms with van der Waals surface area (Å²) in [5.74, 6) is -3.59. The van der Waals surface area contributed by atoms with Crippen molar-refractivity contribution < 1.29 is 95.7 Å². The molecular weight excluding hydrogens is 2330 g/mol. The van der Waals surface area contributed by atoms with Crippen molar-refractivity contribution in [2.75, 3.05) is 203 Å². The van der Waals surface area contributed by atoms with Crippen molar-refractivity contribution in [1.82, 2.24) is 51.5 Å². The Kier molecular flexibility index (Phi) is 33.6. The summed E-state index contributed by atoms with van der Waals surface area (Å²) in [7, 11) is 2.65. The number of methoxy groups -OCH3 is 2. The number of alkyl halides is 1. The third-order valence-corrected chi connectivity index (χ3v) is 39.1. The second kappa shape index (κ2) is 45.8. The van der Waals surface area contributed by atoms with Crippen molar-refractivity contribution in [1.29, 1.82) is 0 Å². The van der Waals surface area contributed by atoms with Crippen LogP contribution < -0.4 is 51.1 Å². The van der Waals surface area contributed by atoms with Crippen molar-refractivity contribution in [2.45, 2.75) is 36.4 Å². The van der Waals surface area contributed by atoms with Crippen LogP contribution in [0.15, 0.2) is 114 Å². The average molecular weight is 2430 g/mol. The number of nitrogens with one attached hydrogen (secondary N) is 5. The molecule has 143 heavy (non-hydrogen) atoms. The molecule has 22 rings (SSSR count). The number of nitrogens with zero attached hydrogens (tertiary/aromatic N) is 10. The van der Waals surface area contributed by atoms with Gasteiger partial charge in [0.2, 0.25) is 0 Å². The number of aromatic carboxylic acids is 1. The first-order chi connectivity index (χ1) is 68.8. The number of halogens is 7. The molecule has 12 aliphatic rings. The Morgan fingerprint density at radius 3 is 1.26 bits per heavy atom. The van der Waals surface area contributed by atoms with E-state index in [0.717, 1.165) is 75.6 Å². The number of benzene rings is 5. The van der Waals surface area contributed by atoms with Crippen molar-refractivity contribution in [3.8, 4) is 0 Å². The van der Waals surface area contributed by atoms with Crippen molar-refractivity contribution in [2.24, 2.45) is 0 Å². The van der Waals surface area contributed by atoms with Gasteiger partial charge in [-0.05, 0) is 93.8 Å². The van der Waals surface area contributed by atoms with Crippen LogP contribution in [0.5, 0.6) is 0 Å². The number of esters is 4. The summed E-state index contributed by atoms with van der Waals surface area (Å²) >= 11 is 39.9. The molecular formula is C95H92BrCl5IN15O20S5Sn. The van der Waals surface area contributed by atoms with Gasteiger partial charge in [-0.1, -0.05) is 162 Å². The number of hydrogen-bond donors (Lipinski definition) is 6. The summed E-state index contributed by atoms with van der Waals surface area (Å²) < 4.78 is 50.1. The Hall–Kier alpha value is -9.57. The van der Waals surface area contributed by atoms with Gasteiger partial charge in [-0.2, -0.15) is 0 Å². The molecule has 10 aromatic rings. The number of carbonyl (C=O) groups excluding carboxylic acids is 9. The Labute approximate surface area is 891 Å². The third kappa shape index (κ3) is 22.6. The Morgan fingerprint density at radius 1 is 0.434 bits per heavy atom. The maximum absolute atomic E-state index is 12.8. The molecule has 0 saturated carbocycles. The zero-order valence-corrected chi connectivity index (χ0v) is 91.7. The first-order valence-electron chi connectivity index (χ1n) is 45.2. The van der Waals surface area contributed by atoms with Gasteiger partial charge in [0.25, 0.3) is 23.6 Å². The Bertz CT molecular complexity index is 6770. The standard InChI is InChI=1S/C19H18ClN3O4S.C18H15ClIN3O4S.2C18H16ClN3O4S.C11H12N3O2S.C8H6BrClO2.3CH3.Sn/c1-26-18(25)14-10-11(20)2-3-12(14)13-4-5-21-17(24)16-15(13)22-19(28-16)23-6-8-27-9-7-23;19-9-1-2-11-10(7-9)16(25)27-18(11)12(20)8-21-15(24)13-14(18)22-17(28-13)23-3-5-26-6-4-23;19-10-1-2-12-11(9-10)16(24)26-18(12)3-4-20-15(23)13-14(18)21-17(27-13)22-5-7-25-8-6-22;19-10-1-2-11(13(9-10)17(24)25)12-3-4-20-16(23)15-14(12)21-18(27-15)22-5-7-26-8-6-22;15-10-9-8(2-1-3-12-10)13-11(17-9)14-4-6-16-7-5-14;1-12-8(11)6-4-5(10)2-3-7(6)9;;;;/h2-4,10H,5-9H2,1H3,(H,21,24);1-2,7,12H,3-6,8H2,(H,21,24);1-2,9H,3-8H2,(H,20,23);1-3,9H,4-8H2,(H,20,23)(H,24,25);1H,3-7H2,(H,12,15);2-4H,1H3;3*1H3;. The van der Waals surface area contributed by atoms with E-state index < -0.39 is 59.4 Å². The molecule has 48 heteroatoms. The SMILES string of the molecule is COC(=O)c1cc(Cl)ccc1Br.COC(=O)c1cc(Cl)ccc1C1=CCNC(=O)c2sc(N3CCOCC3)nc21.O=C(O)c1cc(Cl)ccc1C1=CCNC(=O)c2sc(N3CCOCC3)nc21.O=C1OC2(CCNC(=O)c3sc(N4CCOCC4)nc32)c2ccc(Cl)cc21.O=C1OC2(c3ccc(Cl)cc31)c1nc(N3CCOCC3)sc1C(=O)NCC2I.[CH3][Sn]([CH3])([CH3])[C]1=CCNC(=O)c2sc(N3CCOCC3)nc21. The molecule has 3 unspecified atom stereocenters. The summed E-state index contributed by atoms with van der Waals surface area (Å²) in [6.07, 6.45) is 6.27. The number of carboxylic acids is 1. The van der Waals surface area contributed by atoms with Crippen LogP contribution in [-0.2, 0) is 53.8 Å². The molecule has 17 heterocycles. The molecule has 12 aliphatic heterocycles. The molecule has 35 nitrogen and oxygen atoms in total. The molecule has 5 aromatic heterocycles. The number of rotatable bonds is 11. The summed E-state index contributed by atoms with van der Waals surface area (Å²) in [6, 6.07) is 25.0. The van der Waals surface area contributed by atoms with Gasteiger partial charge in [0.15, 0.2) is 31.7 Å². The number of carbonyl (C=O) groups is 10. The Morgan fingerprint density at radius 2 is 0.790 bits per heavy atom. The van der Waals surface area contributed by atoms with Gasteiger partial charge in [0.05, 0.1) is 110 Å². The summed E-state index contributed by atoms with van der Waals surface area (Å²) in [6.45, 7) is 15.9. The van der Waals surface area contributed by atoms with E-state index in [1.807, 2.05) is 12.1 Å². The van der Waals surface area contributed by atoms with Gasteiger partial charge in [0, 0.05) is 137 Å². The molecule has 5 saturated heterocycles. The van der Waals surface area contributed by atoms with Crippen LogP contribution in [0.2, 0.25) is 39.9 Å². The van der Waals surface area contributed by atoms with E-state index >= 15 is 0 Å². The van der Waals surface area contributed by atoms with E-state index in [1.54, 1.807) is 84.9 Å². The monoisotopic (exact) mass is 2420 g/mol. The van der Waals surface area contributed by atoms with E-state index in [9.17, 15) is 53.1 Å². The van der Waals surface area contributed by atoms with Crippen LogP contribution in [0.4, 0.5) is 25.7 Å². The molecule has 6 N–H and O–H groups in total. The van der Waals surface area contributed by atoms with Gasteiger partial charge in [0.1, 0.15) is 30.9 Å². The van der Waals surface area contributed by atoms with Crippen LogP contribution in [-0.4, -0.2) is 290 Å². The van der Waals surface area contributed by atoms with Crippen molar-refractivity contribution in [3.63, 3.8) is 0 Å². The van der Waals surface area contributed by atoms with E-state index in [4.69, 9.17) is 121 Å². The first kappa shape index (κ1) is 105. The number of amides is 5. The molecule has 5 aromatic carbocycles. The first-order valence-corrected chi connectivity index (χ1v) is 63.2. The molecule has 750 valence electrons. The van der Waals surface area contributed by atoms with E-state index in [2.05, 4.69) is 115 Å². The number of thiazole rings is 5. The number of aromatic nitrogens is 5. The summed E-state index contributed by atoms with van der Waals surface area (Å²) in [5.41, 5.74) is 6.43. The molecule has 5 amide bonds. The fourth-order valence-electron chi connectivity index (χ4n) is 17.4. The number of fused-ring (bicyclic) bond motifs is 11. The van der Waals surface area contributed by atoms with Gasteiger partial charge in [-0.3, -0.25) is 19.2 Å². The number of anilines is 5. The minimum atomic E-state index is -2.31. The number of ether oxygens (including phenoxy) is 9. The average Bonchev–Trinajstić information content (AvgIpc) is 1.55. The molecule has 5 fully saturated rings. The van der Waals surface area contributed by atoms with Gasteiger partial charge in [-0.25, -0.2) is 43.9 Å². The summed E-state index contributed by atoms with van der Waals surface area (Å²) in [4.78, 5) is 168. The van der Waals surface area contributed by atoms with E-state index in [-0.39, 0.29) is 39.0 Å². The zero-order valence-electron chi connectivity index (χ0n) is 77.2. The fourth-order valence-corrected chi connectivity index (χ4v) is 29.8. The molecule has 0 aliphatic carbocycles. The maximum atomic E-state index is 12.8.